The van der Waals surface area contributed by atoms with Crippen molar-refractivity contribution in [2.45, 2.75) is 6.42 Å². The molecule has 0 aliphatic heterocycles. The Kier molecular flexibility index (Phi) is 6.39. The van der Waals surface area contributed by atoms with Gasteiger partial charge in [0.15, 0.2) is 0 Å². The molecule has 108 valence electrons. The van der Waals surface area contributed by atoms with Crippen LogP contribution in [0, 0.1) is 0 Å². The number of amides is 2. The van der Waals surface area contributed by atoms with E-state index in [0.29, 0.717) is 12.1 Å². The molecule has 0 aliphatic carbocycles. The quantitative estimate of drug-likeness (QED) is 0.764. The summed E-state index contributed by atoms with van der Waals surface area (Å²) in [4.78, 5) is 36.0. The third kappa shape index (κ3) is 5.62. The number of carbonyl (C=O) groups excluding carboxylic acids is 3. The first-order valence-electron chi connectivity index (χ1n) is 6.17. The summed E-state index contributed by atoms with van der Waals surface area (Å²) in [5.74, 6) is -1.18. The number of nitrogens with one attached hydrogen (secondary N) is 1. The van der Waals surface area contributed by atoms with E-state index < -0.39 is 11.8 Å². The lowest BCUT2D eigenvalue weighted by Gasteiger charge is -2.14. The maximum Gasteiger partial charge on any atom is 0.306 e. The van der Waals surface area contributed by atoms with Gasteiger partial charge in [-0.15, -0.1) is 0 Å². The minimum atomic E-state index is -0.433. The average molecular weight is 278 g/mol. The highest BCUT2D eigenvalue weighted by molar-refractivity contribution is 6.05. The van der Waals surface area contributed by atoms with E-state index >= 15 is 0 Å². The number of benzene rings is 1. The number of methoxy groups -OCH3 is 1. The topological polar surface area (TPSA) is 75.7 Å². The van der Waals surface area contributed by atoms with Crippen LogP contribution >= 0.6 is 0 Å². The highest BCUT2D eigenvalue weighted by Crippen LogP contribution is 1.98. The summed E-state index contributed by atoms with van der Waals surface area (Å²) < 4.78 is 4.51. The van der Waals surface area contributed by atoms with E-state index in [9.17, 15) is 14.4 Å². The molecule has 0 saturated carbocycles. The number of hydrogen-bond acceptors (Lipinski definition) is 5. The molecule has 0 fully saturated rings. The number of imide groups is 1. The van der Waals surface area contributed by atoms with Crippen LogP contribution in [-0.4, -0.2) is 49.9 Å². The molecule has 0 aromatic heterocycles. The van der Waals surface area contributed by atoms with E-state index in [0.717, 1.165) is 0 Å². The molecule has 1 aromatic rings. The van der Waals surface area contributed by atoms with Gasteiger partial charge in [-0.2, -0.15) is 0 Å². The Balaban J connectivity index is 2.36. The molecule has 0 atom stereocenters. The van der Waals surface area contributed by atoms with Crippen LogP contribution in [0.5, 0.6) is 0 Å². The van der Waals surface area contributed by atoms with E-state index in [2.05, 4.69) is 10.1 Å². The summed E-state index contributed by atoms with van der Waals surface area (Å²) in [5.41, 5.74) is 0.429. The minimum Gasteiger partial charge on any atom is -0.469 e. The Labute approximate surface area is 117 Å². The zero-order valence-corrected chi connectivity index (χ0v) is 11.6. The Hall–Kier alpha value is -2.21. The number of nitrogens with zero attached hydrogens (tertiary/aromatic N) is 1. The van der Waals surface area contributed by atoms with Crippen molar-refractivity contribution < 1.29 is 19.1 Å². The minimum absolute atomic E-state index is 0.0373. The van der Waals surface area contributed by atoms with E-state index in [1.807, 2.05) is 0 Å². The molecule has 1 aromatic carbocycles. The first kappa shape index (κ1) is 15.8. The number of rotatable bonds is 6. The van der Waals surface area contributed by atoms with Gasteiger partial charge in [0, 0.05) is 12.1 Å². The van der Waals surface area contributed by atoms with Gasteiger partial charge in [0.1, 0.15) is 0 Å². The van der Waals surface area contributed by atoms with Crippen LogP contribution in [0.4, 0.5) is 0 Å². The standard InChI is InChI=1S/C14H18N2O4/c1-16(9-8-13(18)20-2)10-12(17)15-14(19)11-6-4-3-5-7-11/h3-7H,8-10H2,1-2H3,(H,15,17,19). The number of likely N-dealkylation sites (N-methyl/N-ethyl adjacent to an activating group) is 1. The van der Waals surface area contributed by atoms with E-state index in [1.165, 1.54) is 7.11 Å². The maximum absolute atomic E-state index is 11.7. The fraction of sp³-hybridized carbons (Fsp3) is 0.357. The molecule has 2 amide bonds. The van der Waals surface area contributed by atoms with E-state index in [4.69, 9.17) is 0 Å². The van der Waals surface area contributed by atoms with Crippen molar-refractivity contribution in [1.82, 2.24) is 10.2 Å². The molecule has 20 heavy (non-hydrogen) atoms. The second-order valence-electron chi connectivity index (χ2n) is 4.31. The zero-order chi connectivity index (χ0) is 15.0. The second kappa shape index (κ2) is 8.06. The van der Waals surface area contributed by atoms with Crippen LogP contribution in [-0.2, 0) is 14.3 Å². The molecule has 6 nitrogen and oxygen atoms in total. The smallest absolute Gasteiger partial charge is 0.306 e. The molecule has 0 radical (unpaired) electrons. The van der Waals surface area contributed by atoms with Gasteiger partial charge in [0.05, 0.1) is 20.1 Å². The normalized spacial score (nSPS) is 10.2. The highest BCUT2D eigenvalue weighted by Gasteiger charge is 2.12. The van der Waals surface area contributed by atoms with Crippen LogP contribution < -0.4 is 5.32 Å². The summed E-state index contributed by atoms with van der Waals surface area (Å²) in [5, 5.41) is 2.29. The van der Waals surface area contributed by atoms with Crippen molar-refractivity contribution in [3.8, 4) is 0 Å². The van der Waals surface area contributed by atoms with Crippen molar-refractivity contribution in [1.29, 1.82) is 0 Å². The van der Waals surface area contributed by atoms with Gasteiger partial charge in [-0.3, -0.25) is 24.6 Å². The van der Waals surface area contributed by atoms with Gasteiger partial charge in [-0.1, -0.05) is 18.2 Å². The Morgan fingerprint density at radius 1 is 1.20 bits per heavy atom. The molecule has 1 rings (SSSR count). The molecule has 6 heteroatoms. The number of ether oxygens (including phenoxy) is 1. The van der Waals surface area contributed by atoms with E-state index in [-0.39, 0.29) is 18.9 Å². The second-order valence-corrected chi connectivity index (χ2v) is 4.31. The summed E-state index contributed by atoms with van der Waals surface area (Å²) >= 11 is 0. The van der Waals surface area contributed by atoms with Crippen LogP contribution in [0.15, 0.2) is 30.3 Å². The van der Waals surface area contributed by atoms with Crippen molar-refractivity contribution in [3.05, 3.63) is 35.9 Å². The first-order valence-corrected chi connectivity index (χ1v) is 6.17. The molecule has 0 spiro atoms. The van der Waals surface area contributed by atoms with Crippen molar-refractivity contribution >= 4 is 17.8 Å². The summed E-state index contributed by atoms with van der Waals surface area (Å²) in [6, 6.07) is 8.50. The third-order valence-electron chi connectivity index (χ3n) is 2.63. The van der Waals surface area contributed by atoms with Gasteiger partial charge in [0.2, 0.25) is 5.91 Å². The zero-order valence-electron chi connectivity index (χ0n) is 11.6. The summed E-state index contributed by atoms with van der Waals surface area (Å²) in [6.45, 7) is 0.426. The summed E-state index contributed by atoms with van der Waals surface area (Å²) in [6.07, 6.45) is 0.201. The molecule has 0 unspecified atom stereocenters. The fourth-order valence-corrected chi connectivity index (χ4v) is 1.54. The van der Waals surface area contributed by atoms with Crippen molar-refractivity contribution in [2.24, 2.45) is 0 Å². The van der Waals surface area contributed by atoms with Crippen LogP contribution in [0.1, 0.15) is 16.8 Å². The molecule has 0 saturated heterocycles. The fourth-order valence-electron chi connectivity index (χ4n) is 1.54. The lowest BCUT2D eigenvalue weighted by Crippen LogP contribution is -2.39. The SMILES string of the molecule is COC(=O)CCN(C)CC(=O)NC(=O)c1ccccc1. The molecule has 1 N–H and O–H groups in total. The largest absolute Gasteiger partial charge is 0.469 e. The first-order chi connectivity index (χ1) is 9.52. The Morgan fingerprint density at radius 2 is 1.85 bits per heavy atom. The van der Waals surface area contributed by atoms with Crippen LogP contribution in [0.25, 0.3) is 0 Å². The number of esters is 1. The third-order valence-corrected chi connectivity index (χ3v) is 2.63. The number of carbonyl (C=O) groups is 3. The molecule has 0 heterocycles. The van der Waals surface area contributed by atoms with Gasteiger partial charge >= 0.3 is 5.97 Å². The lowest BCUT2D eigenvalue weighted by atomic mass is 10.2. The molecule has 0 aliphatic rings. The van der Waals surface area contributed by atoms with Gasteiger partial charge in [-0.05, 0) is 19.2 Å². The number of hydrogen-bond donors (Lipinski definition) is 1. The summed E-state index contributed by atoms with van der Waals surface area (Å²) in [7, 11) is 3.00. The predicted molar refractivity (Wildman–Crippen MR) is 73.0 cm³/mol. The molecule has 0 bridgehead atoms. The Morgan fingerprint density at radius 3 is 2.45 bits per heavy atom. The average Bonchev–Trinajstić information content (AvgIpc) is 2.45. The molecular weight excluding hydrogens is 260 g/mol. The van der Waals surface area contributed by atoms with Crippen LogP contribution in [0.2, 0.25) is 0 Å². The maximum atomic E-state index is 11.7. The van der Waals surface area contributed by atoms with Crippen LogP contribution in [0.3, 0.4) is 0 Å². The molecular formula is C14H18N2O4. The van der Waals surface area contributed by atoms with Gasteiger partial charge < -0.3 is 4.74 Å². The van der Waals surface area contributed by atoms with Gasteiger partial charge in [0.25, 0.3) is 5.91 Å². The van der Waals surface area contributed by atoms with Gasteiger partial charge in [-0.25, -0.2) is 0 Å². The Bertz CT molecular complexity index is 473. The lowest BCUT2D eigenvalue weighted by molar-refractivity contribution is -0.141. The predicted octanol–water partition coefficient (Wildman–Crippen LogP) is 0.438. The van der Waals surface area contributed by atoms with Crippen molar-refractivity contribution in [3.63, 3.8) is 0 Å². The highest BCUT2D eigenvalue weighted by atomic mass is 16.5. The monoisotopic (exact) mass is 278 g/mol. The van der Waals surface area contributed by atoms with E-state index in [1.54, 1.807) is 42.3 Å². The van der Waals surface area contributed by atoms with Crippen molar-refractivity contribution in [2.75, 3.05) is 27.2 Å².